The molecule has 0 bridgehead atoms. The number of hydrogen-bond acceptors (Lipinski definition) is 2. The van der Waals surface area contributed by atoms with E-state index in [1.807, 2.05) is 31.2 Å². The van der Waals surface area contributed by atoms with E-state index in [1.165, 1.54) is 0 Å². The van der Waals surface area contributed by atoms with Crippen LogP contribution in [0.5, 0.6) is 0 Å². The average Bonchev–Trinajstić information content (AvgIpc) is 2.21. The Balaban J connectivity index is 0.00000256. The quantitative estimate of drug-likeness (QED) is 0.802. The highest BCUT2D eigenvalue weighted by Crippen LogP contribution is 2.15. The van der Waals surface area contributed by atoms with Gasteiger partial charge in [-0.05, 0) is 60.2 Å². The Labute approximate surface area is 122 Å². The molecule has 0 aliphatic carbocycles. The van der Waals surface area contributed by atoms with Crippen LogP contribution in [0, 0.1) is 3.57 Å². The van der Waals surface area contributed by atoms with Crippen LogP contribution in [0.1, 0.15) is 26.7 Å². The van der Waals surface area contributed by atoms with Crippen LogP contribution in [0.3, 0.4) is 0 Å². The number of nitrogens with one attached hydrogen (secondary N) is 1. The average molecular weight is 369 g/mol. The second kappa shape index (κ2) is 7.18. The molecule has 96 valence electrons. The fourth-order valence-electron chi connectivity index (χ4n) is 1.44. The highest BCUT2D eigenvalue weighted by atomic mass is 127. The smallest absolute Gasteiger partial charge is 0.244 e. The van der Waals surface area contributed by atoms with E-state index >= 15 is 0 Å². The van der Waals surface area contributed by atoms with Crippen molar-refractivity contribution in [2.24, 2.45) is 5.73 Å². The summed E-state index contributed by atoms with van der Waals surface area (Å²) in [7, 11) is 0. The number of hydrogen-bond donors (Lipinski definition) is 2. The molecule has 1 amide bonds. The van der Waals surface area contributed by atoms with Gasteiger partial charge >= 0.3 is 0 Å². The second-order valence-electron chi connectivity index (χ2n) is 4.13. The highest BCUT2D eigenvalue weighted by molar-refractivity contribution is 14.1. The fourth-order valence-corrected chi connectivity index (χ4v) is 1.80. The Bertz CT molecular complexity index is 365. The number of anilines is 1. The van der Waals surface area contributed by atoms with Crippen molar-refractivity contribution in [1.29, 1.82) is 0 Å². The lowest BCUT2D eigenvalue weighted by Gasteiger charge is -2.22. The van der Waals surface area contributed by atoms with Crippen LogP contribution in [-0.2, 0) is 4.79 Å². The van der Waals surface area contributed by atoms with E-state index in [4.69, 9.17) is 5.73 Å². The van der Waals surface area contributed by atoms with E-state index in [9.17, 15) is 4.79 Å². The minimum Gasteiger partial charge on any atom is -0.325 e. The molecule has 5 heteroatoms. The standard InChI is InChI=1S/C12H17IN2O.ClH/c1-3-8-12(2,14)11(16)15-10-6-4-9(13)5-7-10;/h4-7H,3,8,14H2,1-2H3,(H,15,16);1H. The zero-order chi connectivity index (χ0) is 12.2. The van der Waals surface area contributed by atoms with Crippen molar-refractivity contribution >= 4 is 46.6 Å². The van der Waals surface area contributed by atoms with Crippen molar-refractivity contribution in [3.63, 3.8) is 0 Å². The molecule has 0 aliphatic heterocycles. The molecule has 0 saturated carbocycles. The lowest BCUT2D eigenvalue weighted by molar-refractivity contribution is -0.120. The van der Waals surface area contributed by atoms with Crippen molar-refractivity contribution in [3.8, 4) is 0 Å². The van der Waals surface area contributed by atoms with Crippen molar-refractivity contribution in [2.45, 2.75) is 32.2 Å². The maximum absolute atomic E-state index is 11.9. The molecule has 0 aromatic heterocycles. The van der Waals surface area contributed by atoms with Gasteiger partial charge in [0.05, 0.1) is 5.54 Å². The number of carbonyl (C=O) groups is 1. The van der Waals surface area contributed by atoms with Crippen molar-refractivity contribution < 1.29 is 4.79 Å². The van der Waals surface area contributed by atoms with Gasteiger partial charge < -0.3 is 11.1 Å². The number of nitrogens with two attached hydrogens (primary N) is 1. The van der Waals surface area contributed by atoms with Crippen LogP contribution in [0.2, 0.25) is 0 Å². The number of amides is 1. The molecule has 17 heavy (non-hydrogen) atoms. The van der Waals surface area contributed by atoms with Crippen LogP contribution < -0.4 is 11.1 Å². The van der Waals surface area contributed by atoms with E-state index in [0.29, 0.717) is 6.42 Å². The zero-order valence-corrected chi connectivity index (χ0v) is 13.0. The largest absolute Gasteiger partial charge is 0.325 e. The van der Waals surface area contributed by atoms with Crippen molar-refractivity contribution in [3.05, 3.63) is 27.8 Å². The van der Waals surface area contributed by atoms with Crippen LogP contribution >= 0.6 is 35.0 Å². The van der Waals surface area contributed by atoms with Gasteiger partial charge in [0.1, 0.15) is 0 Å². The predicted molar refractivity (Wildman–Crippen MR) is 82.5 cm³/mol. The minimum atomic E-state index is -0.794. The van der Waals surface area contributed by atoms with Gasteiger partial charge in [0.15, 0.2) is 0 Å². The van der Waals surface area contributed by atoms with Gasteiger partial charge in [-0.3, -0.25) is 4.79 Å². The molecule has 0 radical (unpaired) electrons. The summed E-state index contributed by atoms with van der Waals surface area (Å²) in [5, 5.41) is 2.83. The van der Waals surface area contributed by atoms with E-state index in [2.05, 4.69) is 27.9 Å². The minimum absolute atomic E-state index is 0. The van der Waals surface area contributed by atoms with E-state index in [-0.39, 0.29) is 18.3 Å². The molecule has 1 rings (SSSR count). The summed E-state index contributed by atoms with van der Waals surface area (Å²) in [6, 6.07) is 7.65. The summed E-state index contributed by atoms with van der Waals surface area (Å²) in [6.45, 7) is 3.78. The topological polar surface area (TPSA) is 55.1 Å². The second-order valence-corrected chi connectivity index (χ2v) is 5.37. The first-order valence-corrected chi connectivity index (χ1v) is 6.39. The normalized spacial score (nSPS) is 13.4. The van der Waals surface area contributed by atoms with Gasteiger partial charge in [0.2, 0.25) is 5.91 Å². The molecule has 1 aromatic carbocycles. The van der Waals surface area contributed by atoms with E-state index in [1.54, 1.807) is 6.92 Å². The molecular formula is C12H18ClIN2O. The Morgan fingerprint density at radius 1 is 1.41 bits per heavy atom. The number of benzene rings is 1. The SMILES string of the molecule is CCCC(C)(N)C(=O)Nc1ccc(I)cc1.Cl. The highest BCUT2D eigenvalue weighted by Gasteiger charge is 2.26. The molecule has 1 atom stereocenters. The lowest BCUT2D eigenvalue weighted by Crippen LogP contribution is -2.48. The van der Waals surface area contributed by atoms with Crippen molar-refractivity contribution in [2.75, 3.05) is 5.32 Å². The summed E-state index contributed by atoms with van der Waals surface area (Å²) in [6.07, 6.45) is 1.58. The molecule has 0 heterocycles. The van der Waals surface area contributed by atoms with Crippen molar-refractivity contribution in [1.82, 2.24) is 0 Å². The van der Waals surface area contributed by atoms with E-state index < -0.39 is 5.54 Å². The van der Waals surface area contributed by atoms with Gasteiger partial charge in [-0.15, -0.1) is 12.4 Å². The first kappa shape index (κ1) is 16.7. The number of carbonyl (C=O) groups excluding carboxylic acids is 1. The molecule has 1 aromatic rings. The van der Waals surface area contributed by atoms with E-state index in [0.717, 1.165) is 15.7 Å². The fraction of sp³-hybridized carbons (Fsp3) is 0.417. The maximum atomic E-state index is 11.9. The van der Waals surface area contributed by atoms with Crippen LogP contribution in [-0.4, -0.2) is 11.4 Å². The van der Waals surface area contributed by atoms with Gasteiger partial charge in [-0.1, -0.05) is 13.3 Å². The Kier molecular flexibility index (Phi) is 7.04. The summed E-state index contributed by atoms with van der Waals surface area (Å²) in [5.41, 5.74) is 5.93. The molecule has 0 fully saturated rings. The van der Waals surface area contributed by atoms with Gasteiger partial charge in [0, 0.05) is 9.26 Å². The first-order chi connectivity index (χ1) is 7.45. The van der Waals surface area contributed by atoms with Crippen LogP contribution in [0.15, 0.2) is 24.3 Å². The molecule has 3 N–H and O–H groups in total. The van der Waals surface area contributed by atoms with Gasteiger partial charge in [0.25, 0.3) is 0 Å². The zero-order valence-electron chi connectivity index (χ0n) is 10.00. The summed E-state index contributed by atoms with van der Waals surface area (Å²) in [4.78, 5) is 11.9. The molecule has 3 nitrogen and oxygen atoms in total. The van der Waals surface area contributed by atoms with Gasteiger partial charge in [-0.2, -0.15) is 0 Å². The lowest BCUT2D eigenvalue weighted by atomic mass is 9.96. The first-order valence-electron chi connectivity index (χ1n) is 5.31. The molecule has 0 aliphatic rings. The third kappa shape index (κ3) is 5.23. The number of rotatable bonds is 4. The van der Waals surface area contributed by atoms with Crippen LogP contribution in [0.4, 0.5) is 5.69 Å². The third-order valence-corrected chi connectivity index (χ3v) is 3.11. The monoisotopic (exact) mass is 368 g/mol. The van der Waals surface area contributed by atoms with Gasteiger partial charge in [-0.25, -0.2) is 0 Å². The Morgan fingerprint density at radius 2 is 1.94 bits per heavy atom. The Hall–Kier alpha value is -0.330. The summed E-state index contributed by atoms with van der Waals surface area (Å²) >= 11 is 2.22. The maximum Gasteiger partial charge on any atom is 0.244 e. The third-order valence-electron chi connectivity index (χ3n) is 2.39. The molecule has 0 spiro atoms. The Morgan fingerprint density at radius 3 is 2.41 bits per heavy atom. The molecular weight excluding hydrogens is 351 g/mol. The predicted octanol–water partition coefficient (Wildman–Crippen LogP) is 3.17. The molecule has 0 saturated heterocycles. The summed E-state index contributed by atoms with van der Waals surface area (Å²) < 4.78 is 1.14. The number of halogens is 2. The molecule has 1 unspecified atom stereocenters. The van der Waals surface area contributed by atoms with Crippen LogP contribution in [0.25, 0.3) is 0 Å². The summed E-state index contributed by atoms with van der Waals surface area (Å²) in [5.74, 6) is -0.129.